The average Bonchev–Trinajstić information content (AvgIpc) is 2.81. The number of amides is 1. The number of nitrogens with zero attached hydrogens (tertiary/aromatic N) is 2. The highest BCUT2D eigenvalue weighted by Gasteiger charge is 2.31. The molecule has 0 aliphatic carbocycles. The Labute approximate surface area is 187 Å². The fraction of sp³-hybridized carbons (Fsp3) is 0.308. The van der Waals surface area contributed by atoms with Crippen LogP contribution in [0.4, 0.5) is 8.78 Å². The molecule has 4 nitrogen and oxygen atoms in total. The molecule has 1 amide bonds. The van der Waals surface area contributed by atoms with Crippen LogP contribution in [0.25, 0.3) is 0 Å². The van der Waals surface area contributed by atoms with E-state index in [0.717, 1.165) is 42.8 Å². The molecule has 1 aliphatic heterocycles. The van der Waals surface area contributed by atoms with E-state index in [-0.39, 0.29) is 17.9 Å². The number of likely N-dealkylation sites (tertiary alicyclic amines) is 1. The molecule has 1 aromatic heterocycles. The topological polar surface area (TPSA) is 45.2 Å². The molecule has 0 radical (unpaired) electrons. The van der Waals surface area contributed by atoms with E-state index in [2.05, 4.69) is 15.2 Å². The minimum atomic E-state index is -0.834. The summed E-state index contributed by atoms with van der Waals surface area (Å²) in [6, 6.07) is 17.1. The number of carbonyl (C=O) groups is 1. The third-order valence-electron chi connectivity index (χ3n) is 6.09. The number of benzene rings is 2. The van der Waals surface area contributed by atoms with E-state index in [1.807, 2.05) is 49.4 Å². The van der Waals surface area contributed by atoms with Crippen molar-refractivity contribution in [3.05, 3.63) is 101 Å². The Morgan fingerprint density at radius 3 is 2.69 bits per heavy atom. The predicted molar refractivity (Wildman–Crippen MR) is 120 cm³/mol. The normalized spacial score (nSPS) is 17.7. The van der Waals surface area contributed by atoms with Crippen molar-refractivity contribution in [3.8, 4) is 0 Å². The molecule has 2 heterocycles. The lowest BCUT2D eigenvalue weighted by molar-refractivity contribution is 0.0874. The first-order valence-electron chi connectivity index (χ1n) is 10.9. The monoisotopic (exact) mass is 435 g/mol. The molecule has 1 saturated heterocycles. The number of carbonyl (C=O) groups excluding carboxylic acids is 1. The maximum Gasteiger partial charge on any atom is 0.252 e. The minimum Gasteiger partial charge on any atom is -0.343 e. The summed E-state index contributed by atoms with van der Waals surface area (Å²) in [6.45, 7) is 4.06. The van der Waals surface area contributed by atoms with Crippen molar-refractivity contribution in [2.45, 2.75) is 32.4 Å². The zero-order valence-corrected chi connectivity index (χ0v) is 18.1. The Morgan fingerprint density at radius 2 is 1.94 bits per heavy atom. The van der Waals surface area contributed by atoms with Crippen LogP contribution in [-0.2, 0) is 6.54 Å². The lowest BCUT2D eigenvalue weighted by atomic mass is 9.88. The van der Waals surface area contributed by atoms with E-state index in [9.17, 15) is 13.6 Å². The van der Waals surface area contributed by atoms with Gasteiger partial charge in [0, 0.05) is 24.8 Å². The van der Waals surface area contributed by atoms with Gasteiger partial charge in [-0.1, -0.05) is 30.3 Å². The van der Waals surface area contributed by atoms with Gasteiger partial charge >= 0.3 is 0 Å². The average molecular weight is 436 g/mol. The highest BCUT2D eigenvalue weighted by atomic mass is 19.2. The Balaban J connectivity index is 1.53. The van der Waals surface area contributed by atoms with Crippen molar-refractivity contribution in [3.63, 3.8) is 0 Å². The Kier molecular flexibility index (Phi) is 6.90. The second-order valence-corrected chi connectivity index (χ2v) is 8.41. The number of hydrogen-bond acceptors (Lipinski definition) is 3. The third-order valence-corrected chi connectivity index (χ3v) is 6.09. The van der Waals surface area contributed by atoms with Gasteiger partial charge in [-0.25, -0.2) is 8.78 Å². The summed E-state index contributed by atoms with van der Waals surface area (Å²) in [6.07, 6.45) is 3.64. The van der Waals surface area contributed by atoms with E-state index in [1.54, 1.807) is 12.3 Å². The predicted octanol–water partition coefficient (Wildman–Crippen LogP) is 5.05. The summed E-state index contributed by atoms with van der Waals surface area (Å²) >= 11 is 0. The zero-order valence-electron chi connectivity index (χ0n) is 18.1. The van der Waals surface area contributed by atoms with Crippen LogP contribution in [-0.4, -0.2) is 28.9 Å². The second kappa shape index (κ2) is 10.0. The van der Waals surface area contributed by atoms with Crippen molar-refractivity contribution in [1.29, 1.82) is 0 Å². The van der Waals surface area contributed by atoms with Gasteiger partial charge < -0.3 is 5.32 Å². The van der Waals surface area contributed by atoms with Crippen molar-refractivity contribution in [1.82, 2.24) is 15.2 Å². The van der Waals surface area contributed by atoms with E-state index in [4.69, 9.17) is 0 Å². The number of aromatic nitrogens is 1. The molecule has 1 N–H and O–H groups in total. The zero-order chi connectivity index (χ0) is 22.5. The van der Waals surface area contributed by atoms with Gasteiger partial charge in [-0.2, -0.15) is 0 Å². The van der Waals surface area contributed by atoms with Gasteiger partial charge in [0.05, 0.1) is 11.7 Å². The smallest absolute Gasteiger partial charge is 0.252 e. The molecule has 0 spiro atoms. The number of rotatable bonds is 6. The van der Waals surface area contributed by atoms with Crippen LogP contribution in [0.5, 0.6) is 0 Å². The SMILES string of the molecule is Cc1ccccc1C(=O)N[C@H](c1ccccn1)[C@@H]1CCCN(Cc2ccc(F)c(F)c2)C1. The summed E-state index contributed by atoms with van der Waals surface area (Å²) in [5.74, 6) is -1.62. The van der Waals surface area contributed by atoms with Crippen molar-refractivity contribution in [2.24, 2.45) is 5.92 Å². The number of halogens is 2. The maximum absolute atomic E-state index is 13.6. The summed E-state index contributed by atoms with van der Waals surface area (Å²) < 4.78 is 26.9. The lowest BCUT2D eigenvalue weighted by Gasteiger charge is -2.37. The Morgan fingerprint density at radius 1 is 1.12 bits per heavy atom. The first-order valence-corrected chi connectivity index (χ1v) is 10.9. The molecule has 32 heavy (non-hydrogen) atoms. The van der Waals surface area contributed by atoms with Crippen molar-refractivity contribution < 1.29 is 13.6 Å². The third kappa shape index (κ3) is 5.19. The molecule has 2 atom stereocenters. The van der Waals surface area contributed by atoms with Gasteiger partial charge in [-0.05, 0) is 73.7 Å². The number of pyridine rings is 1. The van der Waals surface area contributed by atoms with Gasteiger partial charge in [-0.15, -0.1) is 0 Å². The minimum absolute atomic E-state index is 0.114. The summed E-state index contributed by atoms with van der Waals surface area (Å²) in [5.41, 5.74) is 3.15. The van der Waals surface area contributed by atoms with Gasteiger partial charge in [0.2, 0.25) is 0 Å². The second-order valence-electron chi connectivity index (χ2n) is 8.41. The van der Waals surface area contributed by atoms with Crippen LogP contribution in [0.3, 0.4) is 0 Å². The quantitative estimate of drug-likeness (QED) is 0.589. The first-order chi connectivity index (χ1) is 15.5. The van der Waals surface area contributed by atoms with Crippen LogP contribution >= 0.6 is 0 Å². The summed E-state index contributed by atoms with van der Waals surface area (Å²) in [4.78, 5) is 19.9. The summed E-state index contributed by atoms with van der Waals surface area (Å²) in [7, 11) is 0. The molecule has 4 rings (SSSR count). The lowest BCUT2D eigenvalue weighted by Crippen LogP contribution is -2.43. The molecule has 6 heteroatoms. The molecular formula is C26H27F2N3O. The molecule has 166 valence electrons. The molecule has 0 saturated carbocycles. The highest BCUT2D eigenvalue weighted by molar-refractivity contribution is 5.95. The molecule has 0 bridgehead atoms. The van der Waals surface area contributed by atoms with Crippen LogP contribution < -0.4 is 5.32 Å². The molecule has 1 aliphatic rings. The number of hydrogen-bond donors (Lipinski definition) is 1. The van der Waals surface area contributed by atoms with Crippen molar-refractivity contribution >= 4 is 5.91 Å². The standard InChI is InChI=1S/C26H27F2N3O/c1-18-7-2-3-9-21(18)26(32)30-25(24-10-4-5-13-29-24)20-8-6-14-31(17-20)16-19-11-12-22(27)23(28)15-19/h2-5,7,9-13,15,20,25H,6,8,14,16-17H2,1H3,(H,30,32)/t20-,25+/m1/s1. The molecule has 2 aromatic carbocycles. The molecule has 1 fully saturated rings. The fourth-order valence-electron chi connectivity index (χ4n) is 4.44. The number of nitrogens with one attached hydrogen (secondary N) is 1. The highest BCUT2D eigenvalue weighted by Crippen LogP contribution is 2.30. The van der Waals surface area contributed by atoms with E-state index in [1.165, 1.54) is 12.1 Å². The van der Waals surface area contributed by atoms with E-state index >= 15 is 0 Å². The first kappa shape index (κ1) is 22.1. The molecule has 0 unspecified atom stereocenters. The summed E-state index contributed by atoms with van der Waals surface area (Å²) in [5, 5.41) is 3.22. The van der Waals surface area contributed by atoms with Gasteiger partial charge in [-0.3, -0.25) is 14.7 Å². The van der Waals surface area contributed by atoms with Gasteiger partial charge in [0.1, 0.15) is 0 Å². The molecular weight excluding hydrogens is 408 g/mol. The largest absolute Gasteiger partial charge is 0.343 e. The fourth-order valence-corrected chi connectivity index (χ4v) is 4.44. The Bertz CT molecular complexity index is 1070. The molecule has 3 aromatic rings. The van der Waals surface area contributed by atoms with E-state index < -0.39 is 11.6 Å². The van der Waals surface area contributed by atoms with Crippen LogP contribution in [0.1, 0.15) is 46.1 Å². The number of piperidine rings is 1. The van der Waals surface area contributed by atoms with Crippen molar-refractivity contribution in [2.75, 3.05) is 13.1 Å². The Hall–Kier alpha value is -3.12. The maximum atomic E-state index is 13.6. The van der Waals surface area contributed by atoms with Crippen LogP contribution in [0.15, 0.2) is 66.9 Å². The van der Waals surface area contributed by atoms with Gasteiger partial charge in [0.25, 0.3) is 5.91 Å². The van der Waals surface area contributed by atoms with Crippen LogP contribution in [0.2, 0.25) is 0 Å². The van der Waals surface area contributed by atoms with Crippen LogP contribution in [0, 0.1) is 24.5 Å². The van der Waals surface area contributed by atoms with E-state index in [0.29, 0.717) is 12.1 Å². The van der Waals surface area contributed by atoms with Gasteiger partial charge in [0.15, 0.2) is 11.6 Å². The number of aryl methyl sites for hydroxylation is 1.